The molecule has 0 spiro atoms. The van der Waals surface area contributed by atoms with E-state index in [-0.39, 0.29) is 11.9 Å². The fourth-order valence-electron chi connectivity index (χ4n) is 2.98. The number of nitrogens with zero attached hydrogens (tertiary/aromatic N) is 1. The number of fused-ring (bicyclic) bond motifs is 1. The van der Waals surface area contributed by atoms with Crippen LogP contribution in [0, 0.1) is 0 Å². The van der Waals surface area contributed by atoms with Gasteiger partial charge < -0.3 is 19.4 Å². The van der Waals surface area contributed by atoms with Crippen LogP contribution in [0.2, 0.25) is 5.02 Å². The molecule has 0 saturated carbocycles. The zero-order chi connectivity index (χ0) is 19.4. The number of ether oxygens (including phenoxy) is 1. The summed E-state index contributed by atoms with van der Waals surface area (Å²) >= 11 is 6.00. The molecule has 6 heteroatoms. The SMILES string of the molecule is COc1cc(C(=O)N[C@H](CCN(C)C)c2ccc(Cl)cc2)cc2occc12. The lowest BCUT2D eigenvalue weighted by Gasteiger charge is -2.21. The first-order valence-electron chi connectivity index (χ1n) is 8.74. The highest BCUT2D eigenvalue weighted by Gasteiger charge is 2.18. The molecule has 1 aromatic heterocycles. The maximum absolute atomic E-state index is 12.9. The first-order chi connectivity index (χ1) is 13.0. The Balaban J connectivity index is 1.86. The molecular weight excluding hydrogens is 364 g/mol. The maximum atomic E-state index is 12.9. The predicted molar refractivity (Wildman–Crippen MR) is 108 cm³/mol. The number of halogens is 1. The number of nitrogens with one attached hydrogen (secondary N) is 1. The molecule has 1 amide bonds. The van der Waals surface area contributed by atoms with Crippen molar-refractivity contribution in [3.63, 3.8) is 0 Å². The Kier molecular flexibility index (Phi) is 6.04. The average molecular weight is 387 g/mol. The largest absolute Gasteiger partial charge is 0.496 e. The second kappa shape index (κ2) is 8.46. The van der Waals surface area contributed by atoms with Gasteiger partial charge in [-0.3, -0.25) is 4.79 Å². The first-order valence-corrected chi connectivity index (χ1v) is 9.12. The van der Waals surface area contributed by atoms with Gasteiger partial charge in [-0.15, -0.1) is 0 Å². The van der Waals surface area contributed by atoms with Crippen LogP contribution in [0.4, 0.5) is 0 Å². The summed E-state index contributed by atoms with van der Waals surface area (Å²) in [5.74, 6) is 0.438. The third-order valence-corrected chi connectivity index (χ3v) is 4.71. The van der Waals surface area contributed by atoms with Gasteiger partial charge in [0.2, 0.25) is 0 Å². The zero-order valence-electron chi connectivity index (χ0n) is 15.7. The molecule has 3 rings (SSSR count). The summed E-state index contributed by atoms with van der Waals surface area (Å²) in [5, 5.41) is 4.64. The van der Waals surface area contributed by atoms with Gasteiger partial charge in [-0.25, -0.2) is 0 Å². The fourth-order valence-corrected chi connectivity index (χ4v) is 3.11. The van der Waals surface area contributed by atoms with E-state index in [1.165, 1.54) is 0 Å². The minimum atomic E-state index is -0.176. The van der Waals surface area contributed by atoms with Crippen molar-refractivity contribution in [1.29, 1.82) is 0 Å². The number of hydrogen-bond donors (Lipinski definition) is 1. The van der Waals surface area contributed by atoms with Gasteiger partial charge in [0.15, 0.2) is 0 Å². The quantitative estimate of drug-likeness (QED) is 0.648. The van der Waals surface area contributed by atoms with Crippen molar-refractivity contribution in [2.75, 3.05) is 27.7 Å². The summed E-state index contributed by atoms with van der Waals surface area (Å²) < 4.78 is 10.8. The van der Waals surface area contributed by atoms with Crippen LogP contribution in [-0.2, 0) is 0 Å². The highest BCUT2D eigenvalue weighted by Crippen LogP contribution is 2.29. The number of amides is 1. The lowest BCUT2D eigenvalue weighted by molar-refractivity contribution is 0.0932. The lowest BCUT2D eigenvalue weighted by Crippen LogP contribution is -2.31. The molecule has 0 bridgehead atoms. The number of furan rings is 1. The molecule has 0 unspecified atom stereocenters. The zero-order valence-corrected chi connectivity index (χ0v) is 16.4. The van der Waals surface area contributed by atoms with Crippen LogP contribution in [-0.4, -0.2) is 38.6 Å². The van der Waals surface area contributed by atoms with Crippen LogP contribution in [0.5, 0.6) is 5.75 Å². The van der Waals surface area contributed by atoms with E-state index in [2.05, 4.69) is 10.2 Å². The molecule has 5 nitrogen and oxygen atoms in total. The Morgan fingerprint density at radius 2 is 1.96 bits per heavy atom. The summed E-state index contributed by atoms with van der Waals surface area (Å²) in [6.07, 6.45) is 2.36. The van der Waals surface area contributed by atoms with Crippen molar-refractivity contribution in [1.82, 2.24) is 10.2 Å². The summed E-state index contributed by atoms with van der Waals surface area (Å²) in [6, 6.07) is 12.7. The molecule has 0 fully saturated rings. The Morgan fingerprint density at radius 3 is 2.63 bits per heavy atom. The molecule has 3 aromatic rings. The number of rotatable bonds is 7. The number of methoxy groups -OCH3 is 1. The molecule has 1 atom stereocenters. The van der Waals surface area contributed by atoms with Gasteiger partial charge in [0.05, 0.1) is 24.8 Å². The Labute approximate surface area is 163 Å². The van der Waals surface area contributed by atoms with E-state index in [0.717, 1.165) is 23.9 Å². The van der Waals surface area contributed by atoms with E-state index in [9.17, 15) is 4.79 Å². The summed E-state index contributed by atoms with van der Waals surface area (Å²) in [4.78, 5) is 15.0. The van der Waals surface area contributed by atoms with Crippen LogP contribution >= 0.6 is 11.6 Å². The molecule has 0 radical (unpaired) electrons. The minimum absolute atomic E-state index is 0.129. The third kappa shape index (κ3) is 4.62. The first kappa shape index (κ1) is 19.3. The minimum Gasteiger partial charge on any atom is -0.496 e. The van der Waals surface area contributed by atoms with Crippen molar-refractivity contribution < 1.29 is 13.9 Å². The molecule has 27 heavy (non-hydrogen) atoms. The normalized spacial score (nSPS) is 12.3. The fraction of sp³-hybridized carbons (Fsp3) is 0.286. The standard InChI is InChI=1S/C21H23ClN2O3/c1-24(2)10-8-18(14-4-6-16(22)7-5-14)23-21(25)15-12-19(26-3)17-9-11-27-20(17)13-15/h4-7,9,11-13,18H,8,10H2,1-3H3,(H,23,25)/t18-/m1/s1. The van der Waals surface area contributed by atoms with Crippen molar-refractivity contribution in [3.8, 4) is 5.75 Å². The molecule has 0 aliphatic carbocycles. The molecular formula is C21H23ClN2O3. The number of carbonyl (C=O) groups excluding carboxylic acids is 1. The summed E-state index contributed by atoms with van der Waals surface area (Å²) in [7, 11) is 5.60. The van der Waals surface area contributed by atoms with Crippen molar-refractivity contribution in [3.05, 3.63) is 64.9 Å². The van der Waals surface area contributed by atoms with Crippen LogP contribution in [0.15, 0.2) is 53.1 Å². The highest BCUT2D eigenvalue weighted by molar-refractivity contribution is 6.30. The lowest BCUT2D eigenvalue weighted by atomic mass is 10.0. The average Bonchev–Trinajstić information content (AvgIpc) is 3.13. The van der Waals surface area contributed by atoms with Gasteiger partial charge in [0.1, 0.15) is 11.3 Å². The second-order valence-corrected chi connectivity index (χ2v) is 7.12. The Hall–Kier alpha value is -2.50. The van der Waals surface area contributed by atoms with Crippen molar-refractivity contribution in [2.24, 2.45) is 0 Å². The van der Waals surface area contributed by atoms with E-state index >= 15 is 0 Å². The molecule has 1 N–H and O–H groups in total. The Bertz CT molecular complexity index is 919. The van der Waals surface area contributed by atoms with Crippen LogP contribution in [0.3, 0.4) is 0 Å². The van der Waals surface area contributed by atoms with Gasteiger partial charge in [-0.1, -0.05) is 23.7 Å². The van der Waals surface area contributed by atoms with Crippen molar-refractivity contribution in [2.45, 2.75) is 12.5 Å². The van der Waals surface area contributed by atoms with E-state index in [0.29, 0.717) is 21.9 Å². The maximum Gasteiger partial charge on any atom is 0.252 e. The van der Waals surface area contributed by atoms with E-state index in [4.69, 9.17) is 20.8 Å². The van der Waals surface area contributed by atoms with Gasteiger partial charge in [0.25, 0.3) is 5.91 Å². The molecule has 2 aromatic carbocycles. The third-order valence-electron chi connectivity index (χ3n) is 4.46. The molecule has 0 saturated heterocycles. The van der Waals surface area contributed by atoms with Gasteiger partial charge >= 0.3 is 0 Å². The van der Waals surface area contributed by atoms with Gasteiger partial charge in [-0.05, 0) is 63.0 Å². The van der Waals surface area contributed by atoms with E-state index in [1.54, 1.807) is 25.5 Å². The summed E-state index contributed by atoms with van der Waals surface area (Å²) in [6.45, 7) is 0.841. The second-order valence-electron chi connectivity index (χ2n) is 6.68. The topological polar surface area (TPSA) is 54.7 Å². The monoisotopic (exact) mass is 386 g/mol. The number of carbonyl (C=O) groups is 1. The van der Waals surface area contributed by atoms with Crippen molar-refractivity contribution >= 4 is 28.5 Å². The van der Waals surface area contributed by atoms with Crippen LogP contribution in [0.25, 0.3) is 11.0 Å². The predicted octanol–water partition coefficient (Wildman–Crippen LogP) is 4.52. The molecule has 0 aliphatic rings. The van der Waals surface area contributed by atoms with Crippen LogP contribution < -0.4 is 10.1 Å². The number of benzene rings is 2. The van der Waals surface area contributed by atoms with Gasteiger partial charge in [-0.2, -0.15) is 0 Å². The Morgan fingerprint density at radius 1 is 1.22 bits per heavy atom. The molecule has 0 aliphatic heterocycles. The smallest absolute Gasteiger partial charge is 0.252 e. The summed E-state index contributed by atoms with van der Waals surface area (Å²) in [5.41, 5.74) is 2.13. The molecule has 142 valence electrons. The highest BCUT2D eigenvalue weighted by atomic mass is 35.5. The molecule has 1 heterocycles. The van der Waals surface area contributed by atoms with Crippen LogP contribution in [0.1, 0.15) is 28.4 Å². The van der Waals surface area contributed by atoms with E-state index in [1.807, 2.05) is 44.4 Å². The van der Waals surface area contributed by atoms with E-state index < -0.39 is 0 Å². The number of hydrogen-bond acceptors (Lipinski definition) is 4. The van der Waals surface area contributed by atoms with Gasteiger partial charge in [0, 0.05) is 10.6 Å².